The number of hydrogen-bond acceptors (Lipinski definition) is 3. The molecule has 0 atom stereocenters. The molecule has 0 bridgehead atoms. The summed E-state index contributed by atoms with van der Waals surface area (Å²) in [5.41, 5.74) is 3.40. The van der Waals surface area contributed by atoms with Crippen molar-refractivity contribution in [2.45, 2.75) is 39.7 Å². The molecule has 0 spiro atoms. The summed E-state index contributed by atoms with van der Waals surface area (Å²) in [4.78, 5) is 26.7. The highest BCUT2D eigenvalue weighted by Crippen LogP contribution is 2.19. The summed E-state index contributed by atoms with van der Waals surface area (Å²) in [6.07, 6.45) is 1.78. The molecular weight excluding hydrogens is 364 g/mol. The molecule has 5 nitrogen and oxygen atoms in total. The molecule has 1 fully saturated rings. The Morgan fingerprint density at radius 2 is 1.69 bits per heavy atom. The van der Waals surface area contributed by atoms with Crippen molar-refractivity contribution in [1.29, 1.82) is 0 Å². The summed E-state index contributed by atoms with van der Waals surface area (Å²) >= 11 is 0. The second-order valence-electron chi connectivity index (χ2n) is 7.78. The third-order valence-corrected chi connectivity index (χ3v) is 5.31. The van der Waals surface area contributed by atoms with E-state index in [-0.39, 0.29) is 17.7 Å². The molecule has 2 amide bonds. The molecule has 2 aromatic rings. The Labute approximate surface area is 173 Å². The van der Waals surface area contributed by atoms with Crippen molar-refractivity contribution < 1.29 is 14.3 Å². The fourth-order valence-electron chi connectivity index (χ4n) is 3.75. The quantitative estimate of drug-likeness (QED) is 0.780. The average Bonchev–Trinajstić information content (AvgIpc) is 2.72. The molecule has 154 valence electrons. The first-order valence-corrected chi connectivity index (χ1v) is 10.3. The van der Waals surface area contributed by atoms with Crippen molar-refractivity contribution in [3.8, 4) is 5.75 Å². The van der Waals surface area contributed by atoms with Crippen LogP contribution < -0.4 is 10.1 Å². The lowest BCUT2D eigenvalue weighted by molar-refractivity contribution is -0.136. The number of likely N-dealkylation sites (tertiary alicyclic amines) is 1. The topological polar surface area (TPSA) is 58.6 Å². The normalized spacial score (nSPS) is 14.5. The van der Waals surface area contributed by atoms with Gasteiger partial charge < -0.3 is 15.0 Å². The summed E-state index contributed by atoms with van der Waals surface area (Å²) in [6.45, 7) is 6.25. The lowest BCUT2D eigenvalue weighted by atomic mass is 9.95. The number of nitrogens with zero attached hydrogens (tertiary/aromatic N) is 1. The van der Waals surface area contributed by atoms with Gasteiger partial charge in [-0.1, -0.05) is 36.4 Å². The van der Waals surface area contributed by atoms with E-state index in [1.54, 1.807) is 0 Å². The van der Waals surface area contributed by atoms with Crippen LogP contribution >= 0.6 is 0 Å². The monoisotopic (exact) mass is 394 g/mol. The molecule has 1 aliphatic rings. The first-order valence-electron chi connectivity index (χ1n) is 10.3. The number of carbonyl (C=O) groups is 2. The van der Waals surface area contributed by atoms with Gasteiger partial charge >= 0.3 is 0 Å². The van der Waals surface area contributed by atoms with Gasteiger partial charge in [-0.25, -0.2) is 0 Å². The van der Waals surface area contributed by atoms with Gasteiger partial charge in [0.25, 0.3) is 0 Å². The van der Waals surface area contributed by atoms with Crippen molar-refractivity contribution in [1.82, 2.24) is 10.2 Å². The third-order valence-electron chi connectivity index (χ3n) is 5.31. The van der Waals surface area contributed by atoms with Crippen LogP contribution in [0.25, 0.3) is 0 Å². The smallest absolute Gasteiger partial charge is 0.225 e. The van der Waals surface area contributed by atoms with Crippen LogP contribution in [0.15, 0.2) is 48.5 Å². The maximum Gasteiger partial charge on any atom is 0.225 e. The summed E-state index contributed by atoms with van der Waals surface area (Å²) in [6, 6.07) is 16.0. The Morgan fingerprint density at radius 1 is 1.03 bits per heavy atom. The zero-order valence-corrected chi connectivity index (χ0v) is 17.3. The lowest BCUT2D eigenvalue weighted by Gasteiger charge is -2.31. The number of rotatable bonds is 7. The predicted octanol–water partition coefficient (Wildman–Crippen LogP) is 3.63. The van der Waals surface area contributed by atoms with Crippen molar-refractivity contribution >= 4 is 11.8 Å². The van der Waals surface area contributed by atoms with Gasteiger partial charge in [-0.2, -0.15) is 0 Å². The summed E-state index contributed by atoms with van der Waals surface area (Å²) in [5, 5.41) is 3.01. The predicted molar refractivity (Wildman–Crippen MR) is 114 cm³/mol. The van der Waals surface area contributed by atoms with Crippen LogP contribution in [0.5, 0.6) is 5.75 Å². The second kappa shape index (κ2) is 10.1. The SMILES string of the molecule is Cc1cc(C)cc(OCCC(=O)N2CCC(C(=O)NCc3ccccc3)CC2)c1. The Balaban J connectivity index is 1.37. The number of hydrogen-bond donors (Lipinski definition) is 1. The van der Waals surface area contributed by atoms with E-state index in [1.165, 1.54) is 0 Å². The van der Waals surface area contributed by atoms with Crippen molar-refractivity contribution in [3.05, 3.63) is 65.2 Å². The highest BCUT2D eigenvalue weighted by atomic mass is 16.5. The van der Waals surface area contributed by atoms with E-state index in [9.17, 15) is 9.59 Å². The summed E-state index contributed by atoms with van der Waals surface area (Å²) in [7, 11) is 0. The molecule has 0 aliphatic carbocycles. The summed E-state index contributed by atoms with van der Waals surface area (Å²) < 4.78 is 5.75. The van der Waals surface area contributed by atoms with Crippen LogP contribution in [0.3, 0.4) is 0 Å². The first-order chi connectivity index (χ1) is 14.0. The van der Waals surface area contributed by atoms with Gasteiger partial charge in [-0.3, -0.25) is 9.59 Å². The Bertz CT molecular complexity index is 807. The number of benzene rings is 2. The lowest BCUT2D eigenvalue weighted by Crippen LogP contribution is -2.43. The van der Waals surface area contributed by atoms with E-state index < -0.39 is 0 Å². The largest absolute Gasteiger partial charge is 0.493 e. The third kappa shape index (κ3) is 6.34. The van der Waals surface area contributed by atoms with E-state index in [1.807, 2.05) is 61.2 Å². The highest BCUT2D eigenvalue weighted by Gasteiger charge is 2.27. The zero-order chi connectivity index (χ0) is 20.6. The molecule has 0 unspecified atom stereocenters. The van der Waals surface area contributed by atoms with Crippen LogP contribution in [0.1, 0.15) is 36.0 Å². The van der Waals surface area contributed by atoms with E-state index >= 15 is 0 Å². The molecule has 0 aromatic heterocycles. The number of carbonyl (C=O) groups excluding carboxylic acids is 2. The first kappa shape index (κ1) is 20.9. The average molecular weight is 395 g/mol. The van der Waals surface area contributed by atoms with Gasteiger partial charge in [0.1, 0.15) is 5.75 Å². The molecule has 1 heterocycles. The molecule has 2 aromatic carbocycles. The molecular formula is C24H30N2O3. The Morgan fingerprint density at radius 3 is 2.34 bits per heavy atom. The molecule has 1 saturated heterocycles. The van der Waals surface area contributed by atoms with Gasteiger partial charge in [0.05, 0.1) is 13.0 Å². The number of nitrogens with one attached hydrogen (secondary N) is 1. The standard InChI is InChI=1S/C24H30N2O3/c1-18-14-19(2)16-22(15-18)29-13-10-23(27)26-11-8-21(9-12-26)24(28)25-17-20-6-4-3-5-7-20/h3-7,14-16,21H,8-13,17H2,1-2H3,(H,25,28). The van der Waals surface area contributed by atoms with Gasteiger partial charge in [0.2, 0.25) is 11.8 Å². The van der Waals surface area contributed by atoms with E-state index in [0.717, 1.165) is 22.4 Å². The van der Waals surface area contributed by atoms with Crippen molar-refractivity contribution in [2.24, 2.45) is 5.92 Å². The fraction of sp³-hybridized carbons (Fsp3) is 0.417. The molecule has 1 N–H and O–H groups in total. The van der Waals surface area contributed by atoms with Crippen molar-refractivity contribution in [3.63, 3.8) is 0 Å². The van der Waals surface area contributed by atoms with Crippen LogP contribution in [-0.2, 0) is 16.1 Å². The van der Waals surface area contributed by atoms with Crippen LogP contribution in [0, 0.1) is 19.8 Å². The Kier molecular flexibility index (Phi) is 7.28. The van der Waals surface area contributed by atoms with Crippen molar-refractivity contribution in [2.75, 3.05) is 19.7 Å². The van der Waals surface area contributed by atoms with Gasteiger partial charge in [0.15, 0.2) is 0 Å². The minimum Gasteiger partial charge on any atom is -0.493 e. The van der Waals surface area contributed by atoms with Gasteiger partial charge in [0, 0.05) is 25.6 Å². The number of amides is 2. The second-order valence-corrected chi connectivity index (χ2v) is 7.78. The zero-order valence-electron chi connectivity index (χ0n) is 17.3. The van der Waals surface area contributed by atoms with E-state index in [0.29, 0.717) is 45.5 Å². The number of piperidine rings is 1. The van der Waals surface area contributed by atoms with Crippen LogP contribution in [0.4, 0.5) is 0 Å². The van der Waals surface area contributed by atoms with Gasteiger partial charge in [-0.15, -0.1) is 0 Å². The Hall–Kier alpha value is -2.82. The molecule has 0 radical (unpaired) electrons. The minimum absolute atomic E-state index is 0.0192. The van der Waals surface area contributed by atoms with E-state index in [4.69, 9.17) is 4.74 Å². The fourth-order valence-corrected chi connectivity index (χ4v) is 3.75. The molecule has 3 rings (SSSR count). The summed E-state index contributed by atoms with van der Waals surface area (Å²) in [5.74, 6) is 0.968. The van der Waals surface area contributed by atoms with Crippen LogP contribution in [0.2, 0.25) is 0 Å². The number of ether oxygens (including phenoxy) is 1. The maximum atomic E-state index is 12.5. The molecule has 1 aliphatic heterocycles. The molecule has 5 heteroatoms. The maximum absolute atomic E-state index is 12.5. The highest BCUT2D eigenvalue weighted by molar-refractivity contribution is 5.80. The van der Waals surface area contributed by atoms with Gasteiger partial charge in [-0.05, 0) is 55.5 Å². The molecule has 29 heavy (non-hydrogen) atoms. The van der Waals surface area contributed by atoms with Crippen LogP contribution in [-0.4, -0.2) is 36.4 Å². The molecule has 0 saturated carbocycles. The minimum atomic E-state index is -0.0192. The number of aryl methyl sites for hydroxylation is 2. The van der Waals surface area contributed by atoms with E-state index in [2.05, 4.69) is 11.4 Å².